The number of guanidine groups is 1. The fourth-order valence-electron chi connectivity index (χ4n) is 3.02. The zero-order valence-corrected chi connectivity index (χ0v) is 17.6. The summed E-state index contributed by atoms with van der Waals surface area (Å²) < 4.78 is 5.40. The number of aliphatic imine (C=N–C) groups is 1. The van der Waals surface area contributed by atoms with Gasteiger partial charge in [-0.15, -0.1) is 24.0 Å². The molecule has 1 aliphatic heterocycles. The third-order valence-corrected chi connectivity index (χ3v) is 4.23. The van der Waals surface area contributed by atoms with Crippen molar-refractivity contribution in [3.8, 4) is 5.75 Å². The van der Waals surface area contributed by atoms with Crippen molar-refractivity contribution in [3.63, 3.8) is 0 Å². The molecule has 6 heteroatoms. The van der Waals surface area contributed by atoms with Crippen molar-refractivity contribution < 1.29 is 4.74 Å². The fraction of sp³-hybridized carbons (Fsp3) is 0.611. The van der Waals surface area contributed by atoms with Crippen LogP contribution in [0.2, 0.25) is 0 Å². The van der Waals surface area contributed by atoms with Crippen LogP contribution in [0.5, 0.6) is 5.75 Å². The molecule has 1 aromatic rings. The lowest BCUT2D eigenvalue weighted by Gasteiger charge is -2.27. The molecule has 1 aliphatic rings. The molecule has 1 unspecified atom stereocenters. The molecule has 1 fully saturated rings. The van der Waals surface area contributed by atoms with Gasteiger partial charge in [0.15, 0.2) is 5.96 Å². The van der Waals surface area contributed by atoms with Crippen LogP contribution < -0.4 is 10.1 Å². The molecule has 2 rings (SSSR count). The van der Waals surface area contributed by atoms with Gasteiger partial charge < -0.3 is 15.0 Å². The summed E-state index contributed by atoms with van der Waals surface area (Å²) in [5.41, 5.74) is 1.28. The summed E-state index contributed by atoms with van der Waals surface area (Å²) in [7, 11) is 5.77. The Morgan fingerprint density at radius 1 is 1.33 bits per heavy atom. The number of nitrogens with zero attached hydrogens (tertiary/aromatic N) is 3. The minimum absolute atomic E-state index is 0. The Labute approximate surface area is 163 Å². The molecule has 0 bridgehead atoms. The maximum absolute atomic E-state index is 5.40. The molecule has 0 saturated carbocycles. The standard InChI is InChI=1S/C18H30N4O.HI/c1-5-19-18(21(2)3)20-14-17(22-11-6-7-12-22)15-9-8-10-16(13-15)23-4;/h8-10,13,17H,5-7,11-12,14H2,1-4H3,(H,19,20);1H. The van der Waals surface area contributed by atoms with Crippen LogP contribution in [0.25, 0.3) is 0 Å². The lowest BCUT2D eigenvalue weighted by atomic mass is 10.1. The average molecular weight is 446 g/mol. The number of halogens is 1. The van der Waals surface area contributed by atoms with Gasteiger partial charge in [0.2, 0.25) is 0 Å². The van der Waals surface area contributed by atoms with Crippen molar-refractivity contribution in [1.82, 2.24) is 15.1 Å². The van der Waals surface area contributed by atoms with Gasteiger partial charge in [-0.3, -0.25) is 9.89 Å². The zero-order valence-electron chi connectivity index (χ0n) is 15.3. The highest BCUT2D eigenvalue weighted by molar-refractivity contribution is 14.0. The topological polar surface area (TPSA) is 40.1 Å². The molecule has 0 aliphatic carbocycles. The second kappa shape index (κ2) is 10.8. The Morgan fingerprint density at radius 2 is 2.04 bits per heavy atom. The number of benzene rings is 1. The van der Waals surface area contributed by atoms with Gasteiger partial charge in [0.05, 0.1) is 19.7 Å². The molecule has 5 nitrogen and oxygen atoms in total. The lowest BCUT2D eigenvalue weighted by Crippen LogP contribution is -2.37. The fourth-order valence-corrected chi connectivity index (χ4v) is 3.02. The SMILES string of the molecule is CCNC(=NCC(c1cccc(OC)c1)N1CCCC1)N(C)C.I. The van der Waals surface area contributed by atoms with E-state index in [9.17, 15) is 0 Å². The van der Waals surface area contributed by atoms with E-state index in [4.69, 9.17) is 9.73 Å². The van der Waals surface area contributed by atoms with Crippen LogP contribution in [0.15, 0.2) is 29.3 Å². The molecule has 1 atom stereocenters. The number of methoxy groups -OCH3 is 1. The Hall–Kier alpha value is -1.02. The number of hydrogen-bond acceptors (Lipinski definition) is 3. The molecular weight excluding hydrogens is 415 g/mol. The Bertz CT molecular complexity index is 515. The van der Waals surface area contributed by atoms with E-state index in [-0.39, 0.29) is 24.0 Å². The first-order chi connectivity index (χ1) is 11.2. The van der Waals surface area contributed by atoms with Crippen molar-refractivity contribution in [3.05, 3.63) is 29.8 Å². The van der Waals surface area contributed by atoms with Gasteiger partial charge in [-0.1, -0.05) is 12.1 Å². The zero-order chi connectivity index (χ0) is 16.7. The average Bonchev–Trinajstić information content (AvgIpc) is 3.08. The Morgan fingerprint density at radius 3 is 2.62 bits per heavy atom. The predicted octanol–water partition coefficient (Wildman–Crippen LogP) is 2.98. The van der Waals surface area contributed by atoms with Crippen LogP contribution in [0.4, 0.5) is 0 Å². The minimum Gasteiger partial charge on any atom is -0.497 e. The van der Waals surface area contributed by atoms with E-state index in [0.717, 1.165) is 37.9 Å². The van der Waals surface area contributed by atoms with Gasteiger partial charge >= 0.3 is 0 Å². The Balaban J connectivity index is 0.00000288. The van der Waals surface area contributed by atoms with E-state index in [1.165, 1.54) is 18.4 Å². The maximum atomic E-state index is 5.40. The molecule has 1 aromatic carbocycles. The monoisotopic (exact) mass is 446 g/mol. The van der Waals surface area contributed by atoms with E-state index >= 15 is 0 Å². The minimum atomic E-state index is 0. The first-order valence-corrected chi connectivity index (χ1v) is 8.49. The van der Waals surface area contributed by atoms with Crippen LogP contribution in [0.1, 0.15) is 31.4 Å². The largest absolute Gasteiger partial charge is 0.497 e. The second-order valence-electron chi connectivity index (χ2n) is 6.12. The van der Waals surface area contributed by atoms with Crippen molar-refractivity contribution in [1.29, 1.82) is 0 Å². The molecule has 1 N–H and O–H groups in total. The molecule has 1 heterocycles. The van der Waals surface area contributed by atoms with Crippen LogP contribution in [-0.4, -0.2) is 63.1 Å². The summed E-state index contributed by atoms with van der Waals surface area (Å²) >= 11 is 0. The van der Waals surface area contributed by atoms with Gasteiger partial charge in [-0.2, -0.15) is 0 Å². The molecule has 24 heavy (non-hydrogen) atoms. The number of hydrogen-bond donors (Lipinski definition) is 1. The normalized spacial score (nSPS) is 16.4. The van der Waals surface area contributed by atoms with Gasteiger partial charge in [0, 0.05) is 20.6 Å². The van der Waals surface area contributed by atoms with Gasteiger partial charge in [0.1, 0.15) is 5.75 Å². The van der Waals surface area contributed by atoms with Gasteiger partial charge in [0.25, 0.3) is 0 Å². The van der Waals surface area contributed by atoms with Crippen molar-refractivity contribution in [2.75, 3.05) is 47.4 Å². The van der Waals surface area contributed by atoms with Gasteiger partial charge in [-0.25, -0.2) is 0 Å². The number of ether oxygens (including phenoxy) is 1. The van der Waals surface area contributed by atoms with Crippen molar-refractivity contribution in [2.45, 2.75) is 25.8 Å². The summed E-state index contributed by atoms with van der Waals surface area (Å²) in [6, 6.07) is 8.70. The molecule has 0 aromatic heterocycles. The van der Waals surface area contributed by atoms with E-state index in [1.54, 1.807) is 7.11 Å². The third kappa shape index (κ3) is 5.81. The number of rotatable bonds is 6. The van der Waals surface area contributed by atoms with E-state index in [2.05, 4.69) is 35.3 Å². The number of nitrogens with one attached hydrogen (secondary N) is 1. The van der Waals surface area contributed by atoms with Crippen molar-refractivity contribution in [2.24, 2.45) is 4.99 Å². The molecule has 136 valence electrons. The molecule has 0 radical (unpaired) electrons. The quantitative estimate of drug-likeness (QED) is 0.415. The van der Waals surface area contributed by atoms with Crippen LogP contribution >= 0.6 is 24.0 Å². The lowest BCUT2D eigenvalue weighted by molar-refractivity contribution is 0.250. The van der Waals surface area contributed by atoms with E-state index in [1.807, 2.05) is 25.1 Å². The maximum Gasteiger partial charge on any atom is 0.193 e. The molecular formula is C18H31IN4O. The second-order valence-corrected chi connectivity index (χ2v) is 6.12. The molecule has 1 saturated heterocycles. The first-order valence-electron chi connectivity index (χ1n) is 8.49. The summed E-state index contributed by atoms with van der Waals surface area (Å²) in [5.74, 6) is 1.86. The van der Waals surface area contributed by atoms with Crippen LogP contribution in [0, 0.1) is 0 Å². The van der Waals surface area contributed by atoms with E-state index < -0.39 is 0 Å². The summed E-state index contributed by atoms with van der Waals surface area (Å²) in [5, 5.41) is 3.33. The molecule has 0 spiro atoms. The van der Waals surface area contributed by atoms with Crippen LogP contribution in [0.3, 0.4) is 0 Å². The summed E-state index contributed by atoms with van der Waals surface area (Å²) in [6.45, 7) is 6.03. The first kappa shape index (κ1) is 21.0. The molecule has 0 amide bonds. The van der Waals surface area contributed by atoms with Gasteiger partial charge in [-0.05, 0) is 50.6 Å². The van der Waals surface area contributed by atoms with E-state index in [0.29, 0.717) is 6.04 Å². The number of likely N-dealkylation sites (tertiary alicyclic amines) is 1. The summed E-state index contributed by atoms with van der Waals surface area (Å²) in [4.78, 5) is 9.42. The third-order valence-electron chi connectivity index (χ3n) is 4.23. The smallest absolute Gasteiger partial charge is 0.193 e. The Kier molecular flexibility index (Phi) is 9.43. The predicted molar refractivity (Wildman–Crippen MR) is 112 cm³/mol. The highest BCUT2D eigenvalue weighted by Crippen LogP contribution is 2.27. The highest BCUT2D eigenvalue weighted by Gasteiger charge is 2.23. The van der Waals surface area contributed by atoms with Crippen molar-refractivity contribution >= 4 is 29.9 Å². The highest BCUT2D eigenvalue weighted by atomic mass is 127. The summed E-state index contributed by atoms with van der Waals surface area (Å²) in [6.07, 6.45) is 2.55. The van der Waals surface area contributed by atoms with Crippen LogP contribution in [-0.2, 0) is 0 Å².